The molecule has 0 aromatic carbocycles. The molecule has 0 N–H and O–H groups in total. The van der Waals surface area contributed by atoms with Crippen LogP contribution < -0.4 is 0 Å². The number of hydrogen-bond acceptors (Lipinski definition) is 1. The Bertz CT molecular complexity index is 234. The van der Waals surface area contributed by atoms with Gasteiger partial charge < -0.3 is 4.57 Å². The van der Waals surface area contributed by atoms with Gasteiger partial charge in [0, 0.05) is 0 Å². The van der Waals surface area contributed by atoms with E-state index in [9.17, 15) is 0 Å². The minimum atomic E-state index is -1.36. The van der Waals surface area contributed by atoms with E-state index in [1.54, 1.807) is 0 Å². The van der Waals surface area contributed by atoms with Crippen molar-refractivity contribution in [1.82, 2.24) is 4.57 Å². The SMILES string of the molecule is C=C[Si](C)(C)N(CCCCCCCC)CCCCCCCC. The van der Waals surface area contributed by atoms with Crippen LogP contribution in [0, 0.1) is 0 Å². The molecule has 0 fully saturated rings. The molecule has 0 heterocycles. The largest absolute Gasteiger partial charge is 0.321 e. The van der Waals surface area contributed by atoms with Crippen molar-refractivity contribution in [2.24, 2.45) is 0 Å². The van der Waals surface area contributed by atoms with Gasteiger partial charge >= 0.3 is 0 Å². The summed E-state index contributed by atoms with van der Waals surface area (Å²) in [4.78, 5) is 0. The second-order valence-electron chi connectivity index (χ2n) is 7.38. The number of unbranched alkanes of at least 4 members (excludes halogenated alkanes) is 10. The van der Waals surface area contributed by atoms with Gasteiger partial charge in [-0.1, -0.05) is 96.8 Å². The van der Waals surface area contributed by atoms with Crippen molar-refractivity contribution in [2.75, 3.05) is 13.1 Å². The summed E-state index contributed by atoms with van der Waals surface area (Å²) in [7, 11) is -1.36. The predicted octanol–water partition coefficient (Wildman–Crippen LogP) is 6.94. The van der Waals surface area contributed by atoms with Crippen LogP contribution in [0.15, 0.2) is 12.3 Å². The lowest BCUT2D eigenvalue weighted by atomic mass is 10.1. The van der Waals surface area contributed by atoms with Crippen LogP contribution in [-0.4, -0.2) is 25.9 Å². The highest BCUT2D eigenvalue weighted by molar-refractivity contribution is 6.79. The average molecular weight is 326 g/mol. The molecule has 0 aromatic rings. The topological polar surface area (TPSA) is 3.24 Å². The van der Waals surface area contributed by atoms with Gasteiger partial charge in [0.2, 0.25) is 0 Å². The zero-order valence-corrected chi connectivity index (χ0v) is 17.1. The van der Waals surface area contributed by atoms with E-state index in [-0.39, 0.29) is 0 Å². The van der Waals surface area contributed by atoms with Gasteiger partial charge in [0.25, 0.3) is 0 Å². The molecule has 0 aliphatic rings. The lowest BCUT2D eigenvalue weighted by molar-refractivity contribution is 0.390. The second-order valence-corrected chi connectivity index (χ2v) is 11.7. The molecule has 0 bridgehead atoms. The molecule has 0 saturated heterocycles. The predicted molar refractivity (Wildman–Crippen MR) is 106 cm³/mol. The maximum atomic E-state index is 4.11. The first-order chi connectivity index (χ1) is 10.6. The van der Waals surface area contributed by atoms with Crippen molar-refractivity contribution >= 4 is 8.24 Å². The summed E-state index contributed by atoms with van der Waals surface area (Å²) < 4.78 is 2.79. The fourth-order valence-electron chi connectivity index (χ4n) is 2.98. The number of rotatable bonds is 16. The van der Waals surface area contributed by atoms with Crippen LogP contribution in [0.4, 0.5) is 0 Å². The van der Waals surface area contributed by atoms with E-state index < -0.39 is 8.24 Å². The summed E-state index contributed by atoms with van der Waals surface area (Å²) in [6, 6.07) is 0. The summed E-state index contributed by atoms with van der Waals surface area (Å²) in [6.07, 6.45) is 16.8. The van der Waals surface area contributed by atoms with Crippen LogP contribution in [0.2, 0.25) is 13.1 Å². The molecule has 0 aliphatic heterocycles. The Hall–Kier alpha value is -0.0831. The van der Waals surface area contributed by atoms with E-state index in [1.165, 1.54) is 90.1 Å². The van der Waals surface area contributed by atoms with Gasteiger partial charge in [0.05, 0.1) is 0 Å². The Balaban J connectivity index is 3.93. The molecule has 0 amide bonds. The summed E-state index contributed by atoms with van der Waals surface area (Å²) >= 11 is 0. The Kier molecular flexibility index (Phi) is 14.5. The fourth-order valence-corrected chi connectivity index (χ4v) is 4.71. The lowest BCUT2D eigenvalue weighted by Gasteiger charge is -2.34. The third-order valence-electron chi connectivity index (χ3n) is 4.88. The molecule has 0 spiro atoms. The summed E-state index contributed by atoms with van der Waals surface area (Å²) in [5, 5.41) is 0. The van der Waals surface area contributed by atoms with Crippen LogP contribution in [0.5, 0.6) is 0 Å². The van der Waals surface area contributed by atoms with Gasteiger partial charge in [-0.3, -0.25) is 0 Å². The van der Waals surface area contributed by atoms with Crippen LogP contribution in [-0.2, 0) is 0 Å². The van der Waals surface area contributed by atoms with E-state index >= 15 is 0 Å². The molecule has 0 saturated carbocycles. The maximum Gasteiger partial charge on any atom is 0.146 e. The van der Waals surface area contributed by atoms with Gasteiger partial charge in [-0.2, -0.15) is 0 Å². The third kappa shape index (κ3) is 11.5. The van der Waals surface area contributed by atoms with Crippen molar-refractivity contribution < 1.29 is 0 Å². The molecule has 0 aliphatic carbocycles. The molecule has 0 rings (SSSR count). The van der Waals surface area contributed by atoms with Crippen molar-refractivity contribution in [3.05, 3.63) is 12.3 Å². The highest BCUT2D eigenvalue weighted by atomic mass is 28.3. The van der Waals surface area contributed by atoms with Crippen LogP contribution >= 0.6 is 0 Å². The molecule has 2 heteroatoms. The molecular weight excluding hydrogens is 282 g/mol. The lowest BCUT2D eigenvalue weighted by Crippen LogP contribution is -2.48. The summed E-state index contributed by atoms with van der Waals surface area (Å²) in [6.45, 7) is 16.2. The first kappa shape index (κ1) is 21.9. The Morgan fingerprint density at radius 2 is 1.05 bits per heavy atom. The molecule has 0 atom stereocenters. The summed E-state index contributed by atoms with van der Waals surface area (Å²) in [5.41, 5.74) is 2.27. The van der Waals surface area contributed by atoms with Gasteiger partial charge in [0.1, 0.15) is 8.24 Å². The Morgan fingerprint density at radius 1 is 0.682 bits per heavy atom. The molecule has 22 heavy (non-hydrogen) atoms. The van der Waals surface area contributed by atoms with Crippen LogP contribution in [0.25, 0.3) is 0 Å². The zero-order valence-electron chi connectivity index (χ0n) is 16.1. The normalized spacial score (nSPS) is 12.0. The van der Waals surface area contributed by atoms with E-state index in [0.29, 0.717) is 0 Å². The van der Waals surface area contributed by atoms with E-state index in [4.69, 9.17) is 0 Å². The Morgan fingerprint density at radius 3 is 1.41 bits per heavy atom. The van der Waals surface area contributed by atoms with Crippen molar-refractivity contribution in [3.8, 4) is 0 Å². The molecular formula is C20H43NSi. The number of nitrogens with zero attached hydrogens (tertiary/aromatic N) is 1. The monoisotopic (exact) mass is 325 g/mol. The zero-order chi connectivity index (χ0) is 16.7. The van der Waals surface area contributed by atoms with E-state index in [2.05, 4.69) is 43.8 Å². The van der Waals surface area contributed by atoms with E-state index in [0.717, 1.165) is 0 Å². The second kappa shape index (κ2) is 14.5. The highest BCUT2D eigenvalue weighted by Gasteiger charge is 2.24. The highest BCUT2D eigenvalue weighted by Crippen LogP contribution is 2.16. The first-order valence-electron chi connectivity index (χ1n) is 9.97. The summed E-state index contributed by atoms with van der Waals surface area (Å²) in [5.74, 6) is 0. The molecule has 1 nitrogen and oxygen atoms in total. The quantitative estimate of drug-likeness (QED) is 0.219. The molecule has 0 unspecified atom stereocenters. The fraction of sp³-hybridized carbons (Fsp3) is 0.900. The standard InChI is InChI=1S/C20H43NSi/c1-6-9-11-13-15-17-19-21(22(4,5)8-3)20-18-16-14-12-10-7-2/h8H,3,6-7,9-20H2,1-2,4-5H3. The van der Waals surface area contributed by atoms with Crippen molar-refractivity contribution in [3.63, 3.8) is 0 Å². The van der Waals surface area contributed by atoms with Gasteiger partial charge in [-0.05, 0) is 25.9 Å². The maximum absolute atomic E-state index is 4.11. The third-order valence-corrected chi connectivity index (χ3v) is 7.95. The molecule has 0 aromatic heterocycles. The van der Waals surface area contributed by atoms with Crippen LogP contribution in [0.1, 0.15) is 90.9 Å². The van der Waals surface area contributed by atoms with Gasteiger partial charge in [-0.25, -0.2) is 0 Å². The smallest absolute Gasteiger partial charge is 0.146 e. The Labute approximate surface area is 142 Å². The minimum Gasteiger partial charge on any atom is -0.321 e. The average Bonchev–Trinajstić information content (AvgIpc) is 2.51. The van der Waals surface area contributed by atoms with Gasteiger partial charge in [0.15, 0.2) is 0 Å². The minimum absolute atomic E-state index is 1.30. The first-order valence-corrected chi connectivity index (χ1v) is 13.0. The van der Waals surface area contributed by atoms with Crippen molar-refractivity contribution in [2.45, 2.75) is 104 Å². The van der Waals surface area contributed by atoms with Crippen molar-refractivity contribution in [1.29, 1.82) is 0 Å². The van der Waals surface area contributed by atoms with Crippen LogP contribution in [0.3, 0.4) is 0 Å². The van der Waals surface area contributed by atoms with Gasteiger partial charge in [-0.15, -0.1) is 6.58 Å². The molecule has 0 radical (unpaired) electrons. The number of hydrogen-bond donors (Lipinski definition) is 0. The van der Waals surface area contributed by atoms with E-state index in [1.807, 2.05) is 0 Å². The molecule has 132 valence electrons.